The molecule has 0 atom stereocenters. The molecule has 6 heteroatoms. The van der Waals surface area contributed by atoms with Gasteiger partial charge in [0, 0.05) is 31.7 Å². The van der Waals surface area contributed by atoms with Gasteiger partial charge >= 0.3 is 0 Å². The third-order valence-electron chi connectivity index (χ3n) is 4.34. The Morgan fingerprint density at radius 2 is 1.68 bits per heavy atom. The third kappa shape index (κ3) is 3.39. The van der Waals surface area contributed by atoms with Crippen LogP contribution >= 0.6 is 11.3 Å². The lowest BCUT2D eigenvalue weighted by Crippen LogP contribution is -2.48. The summed E-state index contributed by atoms with van der Waals surface area (Å²) >= 11 is 1.49. The van der Waals surface area contributed by atoms with Gasteiger partial charge in [0.2, 0.25) is 0 Å². The van der Waals surface area contributed by atoms with Crippen LogP contribution in [0.25, 0.3) is 11.3 Å². The van der Waals surface area contributed by atoms with Crippen LogP contribution in [-0.4, -0.2) is 47.2 Å². The fraction of sp³-hybridized carbons (Fsp3) is 0.211. The molecule has 1 saturated heterocycles. The van der Waals surface area contributed by atoms with Crippen LogP contribution in [0.1, 0.15) is 9.67 Å². The minimum Gasteiger partial charge on any atom is -0.352 e. The minimum absolute atomic E-state index is 0.125. The third-order valence-corrected chi connectivity index (χ3v) is 5.20. The van der Waals surface area contributed by atoms with Crippen molar-refractivity contribution < 1.29 is 4.79 Å². The van der Waals surface area contributed by atoms with E-state index < -0.39 is 0 Å². The molecular formula is C19H18N4OS. The van der Waals surface area contributed by atoms with E-state index in [1.165, 1.54) is 11.3 Å². The van der Waals surface area contributed by atoms with Gasteiger partial charge in [-0.15, -0.1) is 21.5 Å². The summed E-state index contributed by atoms with van der Waals surface area (Å²) in [5.74, 6) is 0.989. The number of rotatable bonds is 3. The molecule has 2 aromatic heterocycles. The zero-order valence-electron chi connectivity index (χ0n) is 13.7. The first-order valence-electron chi connectivity index (χ1n) is 8.28. The molecular weight excluding hydrogens is 332 g/mol. The average Bonchev–Trinajstić information content (AvgIpc) is 3.23. The lowest BCUT2D eigenvalue weighted by atomic mass is 10.1. The van der Waals surface area contributed by atoms with Gasteiger partial charge in [-0.05, 0) is 23.6 Å². The van der Waals surface area contributed by atoms with Gasteiger partial charge in [-0.2, -0.15) is 0 Å². The van der Waals surface area contributed by atoms with Crippen LogP contribution in [0.2, 0.25) is 0 Å². The van der Waals surface area contributed by atoms with Crippen molar-refractivity contribution in [3.05, 3.63) is 64.9 Å². The number of thiophene rings is 1. The molecule has 1 aliphatic rings. The smallest absolute Gasteiger partial charge is 0.264 e. The Kier molecular flexibility index (Phi) is 4.43. The largest absolute Gasteiger partial charge is 0.352 e. The van der Waals surface area contributed by atoms with Crippen LogP contribution in [0.4, 0.5) is 5.82 Å². The first kappa shape index (κ1) is 15.8. The van der Waals surface area contributed by atoms with E-state index in [2.05, 4.69) is 15.1 Å². The van der Waals surface area contributed by atoms with Crippen LogP contribution in [0.3, 0.4) is 0 Å². The average molecular weight is 350 g/mol. The molecule has 1 fully saturated rings. The maximum absolute atomic E-state index is 12.4. The van der Waals surface area contributed by atoms with E-state index in [9.17, 15) is 4.79 Å². The monoisotopic (exact) mass is 350 g/mol. The summed E-state index contributed by atoms with van der Waals surface area (Å²) in [5, 5.41) is 10.7. The van der Waals surface area contributed by atoms with E-state index in [0.717, 1.165) is 35.0 Å². The number of hydrogen-bond acceptors (Lipinski definition) is 5. The van der Waals surface area contributed by atoms with Crippen molar-refractivity contribution in [2.75, 3.05) is 31.1 Å². The number of anilines is 1. The van der Waals surface area contributed by atoms with Crippen molar-refractivity contribution in [1.82, 2.24) is 15.1 Å². The number of benzene rings is 1. The molecule has 0 spiro atoms. The Morgan fingerprint density at radius 3 is 2.32 bits per heavy atom. The van der Waals surface area contributed by atoms with Crippen LogP contribution in [-0.2, 0) is 0 Å². The molecule has 1 aliphatic heterocycles. The summed E-state index contributed by atoms with van der Waals surface area (Å²) in [6.45, 7) is 2.96. The van der Waals surface area contributed by atoms with E-state index in [4.69, 9.17) is 0 Å². The highest BCUT2D eigenvalue weighted by Gasteiger charge is 2.23. The number of amides is 1. The summed E-state index contributed by atoms with van der Waals surface area (Å²) < 4.78 is 0. The highest BCUT2D eigenvalue weighted by Crippen LogP contribution is 2.20. The second-order valence-corrected chi connectivity index (χ2v) is 6.85. The molecule has 126 valence electrons. The Labute approximate surface area is 150 Å². The molecule has 0 bridgehead atoms. The SMILES string of the molecule is O=C(c1cccs1)N1CCN(c2ccc(-c3ccccc3)nn2)CC1. The summed E-state index contributed by atoms with van der Waals surface area (Å²) in [5.41, 5.74) is 1.93. The van der Waals surface area contributed by atoms with E-state index in [-0.39, 0.29) is 5.91 Å². The highest BCUT2D eigenvalue weighted by atomic mass is 32.1. The Bertz CT molecular complexity index is 826. The van der Waals surface area contributed by atoms with E-state index in [1.54, 1.807) is 0 Å². The normalized spacial score (nSPS) is 14.6. The molecule has 0 N–H and O–H groups in total. The van der Waals surface area contributed by atoms with Gasteiger partial charge in [0.15, 0.2) is 5.82 Å². The predicted molar refractivity (Wildman–Crippen MR) is 99.9 cm³/mol. The number of carbonyl (C=O) groups excluding carboxylic acids is 1. The van der Waals surface area contributed by atoms with Crippen LogP contribution in [0.15, 0.2) is 60.0 Å². The number of carbonyl (C=O) groups is 1. The van der Waals surface area contributed by atoms with Gasteiger partial charge in [0.25, 0.3) is 5.91 Å². The Balaban J connectivity index is 1.40. The van der Waals surface area contributed by atoms with Crippen molar-refractivity contribution in [3.8, 4) is 11.3 Å². The van der Waals surface area contributed by atoms with E-state index >= 15 is 0 Å². The maximum Gasteiger partial charge on any atom is 0.264 e. The van der Waals surface area contributed by atoms with E-state index in [0.29, 0.717) is 13.1 Å². The molecule has 3 heterocycles. The van der Waals surface area contributed by atoms with Gasteiger partial charge in [0.1, 0.15) is 0 Å². The minimum atomic E-state index is 0.125. The van der Waals surface area contributed by atoms with Gasteiger partial charge in [-0.3, -0.25) is 4.79 Å². The fourth-order valence-corrected chi connectivity index (χ4v) is 3.64. The van der Waals surface area contributed by atoms with Gasteiger partial charge in [0.05, 0.1) is 10.6 Å². The van der Waals surface area contributed by atoms with Crippen molar-refractivity contribution >= 4 is 23.1 Å². The molecule has 0 saturated carbocycles. The molecule has 1 aromatic carbocycles. The van der Waals surface area contributed by atoms with Crippen LogP contribution in [0.5, 0.6) is 0 Å². The van der Waals surface area contributed by atoms with Gasteiger partial charge in [-0.25, -0.2) is 0 Å². The lowest BCUT2D eigenvalue weighted by molar-refractivity contribution is 0.0751. The summed E-state index contributed by atoms with van der Waals surface area (Å²) in [6.07, 6.45) is 0. The Hall–Kier alpha value is -2.73. The molecule has 25 heavy (non-hydrogen) atoms. The first-order valence-corrected chi connectivity index (χ1v) is 9.16. The second kappa shape index (κ2) is 7.03. The van der Waals surface area contributed by atoms with Crippen LogP contribution < -0.4 is 4.90 Å². The topological polar surface area (TPSA) is 49.3 Å². The lowest BCUT2D eigenvalue weighted by Gasteiger charge is -2.35. The fourth-order valence-electron chi connectivity index (χ4n) is 2.95. The molecule has 0 radical (unpaired) electrons. The van der Waals surface area contributed by atoms with Crippen molar-refractivity contribution in [2.24, 2.45) is 0 Å². The Morgan fingerprint density at radius 1 is 0.880 bits per heavy atom. The van der Waals surface area contributed by atoms with Crippen molar-refractivity contribution in [2.45, 2.75) is 0 Å². The number of aromatic nitrogens is 2. The summed E-state index contributed by atoms with van der Waals surface area (Å²) in [6, 6.07) is 17.8. The van der Waals surface area contributed by atoms with Crippen LogP contribution in [0, 0.1) is 0 Å². The summed E-state index contributed by atoms with van der Waals surface area (Å²) in [7, 11) is 0. The number of piperazine rings is 1. The molecule has 0 unspecified atom stereocenters. The highest BCUT2D eigenvalue weighted by molar-refractivity contribution is 7.12. The van der Waals surface area contributed by atoms with Crippen molar-refractivity contribution in [1.29, 1.82) is 0 Å². The van der Waals surface area contributed by atoms with E-state index in [1.807, 2.05) is 64.9 Å². The molecule has 3 aromatic rings. The molecule has 1 amide bonds. The molecule has 0 aliphatic carbocycles. The standard InChI is InChI=1S/C19H18N4OS/c24-19(17-7-4-14-25-17)23-12-10-22(11-13-23)18-9-8-16(20-21-18)15-5-2-1-3-6-15/h1-9,14H,10-13H2. The van der Waals surface area contributed by atoms with Crippen molar-refractivity contribution in [3.63, 3.8) is 0 Å². The number of nitrogens with zero attached hydrogens (tertiary/aromatic N) is 4. The second-order valence-electron chi connectivity index (χ2n) is 5.90. The maximum atomic E-state index is 12.4. The molecule has 4 rings (SSSR count). The predicted octanol–water partition coefficient (Wildman–Crippen LogP) is 3.17. The zero-order chi connectivity index (χ0) is 17.1. The van der Waals surface area contributed by atoms with Gasteiger partial charge in [-0.1, -0.05) is 36.4 Å². The summed E-state index contributed by atoms with van der Waals surface area (Å²) in [4.78, 5) is 17.3. The number of hydrogen-bond donors (Lipinski definition) is 0. The first-order chi connectivity index (χ1) is 12.3. The van der Waals surface area contributed by atoms with Gasteiger partial charge < -0.3 is 9.80 Å². The zero-order valence-corrected chi connectivity index (χ0v) is 14.5. The quantitative estimate of drug-likeness (QED) is 0.728. The molecule has 5 nitrogen and oxygen atoms in total.